The van der Waals surface area contributed by atoms with E-state index in [-0.39, 0.29) is 0 Å². The molecule has 1 fully saturated rings. The fourth-order valence-corrected chi connectivity index (χ4v) is 1.36. The maximum Gasteiger partial charge on any atom is 0.0252 e. The van der Waals surface area contributed by atoms with Crippen molar-refractivity contribution in [3.8, 4) is 0 Å². The van der Waals surface area contributed by atoms with Gasteiger partial charge in [-0.25, -0.2) is 0 Å². The molecule has 0 aromatic carbocycles. The van der Waals surface area contributed by atoms with Crippen molar-refractivity contribution in [2.24, 2.45) is 0 Å². The molecule has 1 aliphatic heterocycles. The summed E-state index contributed by atoms with van der Waals surface area (Å²) in [7, 11) is 0. The highest BCUT2D eigenvalue weighted by molar-refractivity contribution is 4.80. The van der Waals surface area contributed by atoms with Crippen molar-refractivity contribution in [2.75, 3.05) is 19.6 Å². The molecule has 1 unspecified atom stereocenters. The molecule has 1 atom stereocenters. The molecule has 1 aliphatic rings. The first-order chi connectivity index (χ1) is 4.84. The van der Waals surface area contributed by atoms with E-state index in [0.29, 0.717) is 6.04 Å². The van der Waals surface area contributed by atoms with Crippen LogP contribution in [0, 0.1) is 6.54 Å². The first kappa shape index (κ1) is 8.02. The minimum atomic E-state index is 0.689. The molecular formula is C8H17N2. The Kier molecular flexibility index (Phi) is 3.16. The summed E-state index contributed by atoms with van der Waals surface area (Å²) in [5.74, 6) is 0. The van der Waals surface area contributed by atoms with E-state index in [1.54, 1.807) is 0 Å². The lowest BCUT2D eigenvalue weighted by atomic mass is 10.2. The zero-order valence-corrected chi connectivity index (χ0v) is 6.93. The Morgan fingerprint density at radius 1 is 1.70 bits per heavy atom. The van der Waals surface area contributed by atoms with Gasteiger partial charge in [0.1, 0.15) is 0 Å². The van der Waals surface area contributed by atoms with Crippen molar-refractivity contribution >= 4 is 0 Å². The molecule has 1 radical (unpaired) electrons. The SMILES string of the molecule is CC[CH]N1CCNCC1C. The lowest BCUT2D eigenvalue weighted by molar-refractivity contribution is 0.212. The fourth-order valence-electron chi connectivity index (χ4n) is 1.36. The largest absolute Gasteiger partial charge is 0.314 e. The summed E-state index contributed by atoms with van der Waals surface area (Å²) in [5.41, 5.74) is 0. The average Bonchev–Trinajstić information content (AvgIpc) is 1.94. The molecule has 2 nitrogen and oxygen atoms in total. The summed E-state index contributed by atoms with van der Waals surface area (Å²) >= 11 is 0. The standard InChI is InChI=1S/C8H17N2/c1-3-5-10-6-4-9-7-8(10)2/h5,8-9H,3-4,6-7H2,1-2H3. The van der Waals surface area contributed by atoms with Crippen LogP contribution in [0.1, 0.15) is 20.3 Å². The van der Waals surface area contributed by atoms with Crippen LogP contribution in [0.15, 0.2) is 0 Å². The van der Waals surface area contributed by atoms with E-state index in [9.17, 15) is 0 Å². The van der Waals surface area contributed by atoms with Crippen LogP contribution in [0.4, 0.5) is 0 Å². The lowest BCUT2D eigenvalue weighted by Crippen LogP contribution is -2.48. The van der Waals surface area contributed by atoms with Crippen LogP contribution in [0.25, 0.3) is 0 Å². The number of rotatable bonds is 2. The van der Waals surface area contributed by atoms with Gasteiger partial charge >= 0.3 is 0 Å². The van der Waals surface area contributed by atoms with Crippen molar-refractivity contribution in [3.05, 3.63) is 6.54 Å². The fraction of sp³-hybridized carbons (Fsp3) is 0.875. The Morgan fingerprint density at radius 2 is 2.50 bits per heavy atom. The van der Waals surface area contributed by atoms with Gasteiger partial charge in [-0.2, -0.15) is 0 Å². The van der Waals surface area contributed by atoms with Crippen LogP contribution in [-0.4, -0.2) is 30.6 Å². The predicted molar refractivity (Wildman–Crippen MR) is 43.6 cm³/mol. The zero-order chi connectivity index (χ0) is 7.40. The van der Waals surface area contributed by atoms with E-state index in [1.165, 1.54) is 6.54 Å². The van der Waals surface area contributed by atoms with Gasteiger partial charge in [-0.3, -0.25) is 4.90 Å². The van der Waals surface area contributed by atoms with E-state index in [2.05, 4.69) is 30.6 Å². The molecule has 2 heteroatoms. The first-order valence-corrected chi connectivity index (χ1v) is 4.14. The molecular weight excluding hydrogens is 124 g/mol. The van der Waals surface area contributed by atoms with Gasteiger partial charge in [-0.15, -0.1) is 0 Å². The first-order valence-electron chi connectivity index (χ1n) is 4.14. The summed E-state index contributed by atoms with van der Waals surface area (Å²) in [6.07, 6.45) is 1.16. The van der Waals surface area contributed by atoms with Crippen LogP contribution in [0.2, 0.25) is 0 Å². The number of piperazine rings is 1. The second-order valence-corrected chi connectivity index (χ2v) is 2.88. The van der Waals surface area contributed by atoms with Crippen LogP contribution < -0.4 is 5.32 Å². The Hall–Kier alpha value is -0.0800. The summed E-state index contributed by atoms with van der Waals surface area (Å²) < 4.78 is 0. The molecule has 0 amide bonds. The smallest absolute Gasteiger partial charge is 0.0252 e. The monoisotopic (exact) mass is 141 g/mol. The highest BCUT2D eigenvalue weighted by Gasteiger charge is 2.15. The van der Waals surface area contributed by atoms with Crippen LogP contribution in [0.3, 0.4) is 0 Å². The van der Waals surface area contributed by atoms with Crippen molar-refractivity contribution in [1.29, 1.82) is 0 Å². The van der Waals surface area contributed by atoms with Crippen LogP contribution in [0.5, 0.6) is 0 Å². The van der Waals surface area contributed by atoms with Crippen molar-refractivity contribution in [2.45, 2.75) is 26.3 Å². The molecule has 1 heterocycles. The van der Waals surface area contributed by atoms with Crippen LogP contribution >= 0.6 is 0 Å². The average molecular weight is 141 g/mol. The minimum Gasteiger partial charge on any atom is -0.314 e. The number of hydrogen-bond acceptors (Lipinski definition) is 2. The third kappa shape index (κ3) is 1.96. The van der Waals surface area contributed by atoms with Gasteiger partial charge < -0.3 is 5.32 Å². The molecule has 1 rings (SSSR count). The summed E-state index contributed by atoms with van der Waals surface area (Å²) in [6.45, 7) is 10.2. The molecule has 59 valence electrons. The van der Waals surface area contributed by atoms with Gasteiger partial charge in [0.15, 0.2) is 0 Å². The van der Waals surface area contributed by atoms with E-state index in [1.807, 2.05) is 0 Å². The Labute approximate surface area is 63.6 Å². The maximum absolute atomic E-state index is 3.36. The highest BCUT2D eigenvalue weighted by atomic mass is 15.2. The van der Waals surface area contributed by atoms with Gasteiger partial charge in [0, 0.05) is 32.2 Å². The topological polar surface area (TPSA) is 15.3 Å². The number of nitrogens with zero attached hydrogens (tertiary/aromatic N) is 1. The molecule has 0 aliphatic carbocycles. The normalized spacial score (nSPS) is 28.8. The third-order valence-corrected chi connectivity index (χ3v) is 1.97. The molecule has 0 aromatic heterocycles. The van der Waals surface area contributed by atoms with Crippen molar-refractivity contribution < 1.29 is 0 Å². The Morgan fingerprint density at radius 3 is 3.10 bits per heavy atom. The number of nitrogens with one attached hydrogen (secondary N) is 1. The highest BCUT2D eigenvalue weighted by Crippen LogP contribution is 2.05. The second kappa shape index (κ2) is 3.94. The second-order valence-electron chi connectivity index (χ2n) is 2.88. The summed E-state index contributed by atoms with van der Waals surface area (Å²) in [4.78, 5) is 2.43. The van der Waals surface area contributed by atoms with Gasteiger partial charge in [0.25, 0.3) is 0 Å². The quantitative estimate of drug-likeness (QED) is 0.613. The van der Waals surface area contributed by atoms with Gasteiger partial charge in [0.05, 0.1) is 0 Å². The van der Waals surface area contributed by atoms with Crippen molar-refractivity contribution in [3.63, 3.8) is 0 Å². The zero-order valence-electron chi connectivity index (χ0n) is 6.93. The molecule has 0 bridgehead atoms. The summed E-state index contributed by atoms with van der Waals surface area (Å²) in [6, 6.07) is 0.689. The lowest BCUT2D eigenvalue weighted by Gasteiger charge is -2.33. The number of hydrogen-bond donors (Lipinski definition) is 1. The molecule has 10 heavy (non-hydrogen) atoms. The van der Waals surface area contributed by atoms with E-state index in [4.69, 9.17) is 0 Å². The Bertz CT molecular complexity index is 91.3. The third-order valence-electron chi connectivity index (χ3n) is 1.97. The minimum absolute atomic E-state index is 0.689. The summed E-state index contributed by atoms with van der Waals surface area (Å²) in [5, 5.41) is 3.36. The van der Waals surface area contributed by atoms with Crippen molar-refractivity contribution in [1.82, 2.24) is 10.2 Å². The molecule has 0 saturated carbocycles. The van der Waals surface area contributed by atoms with Gasteiger partial charge in [0.2, 0.25) is 0 Å². The van der Waals surface area contributed by atoms with E-state index < -0.39 is 0 Å². The Balaban J connectivity index is 2.25. The maximum atomic E-state index is 3.36. The van der Waals surface area contributed by atoms with E-state index >= 15 is 0 Å². The molecule has 0 spiro atoms. The van der Waals surface area contributed by atoms with Crippen LogP contribution in [-0.2, 0) is 0 Å². The van der Waals surface area contributed by atoms with E-state index in [0.717, 1.165) is 19.5 Å². The predicted octanol–water partition coefficient (Wildman–Crippen LogP) is 0.852. The van der Waals surface area contributed by atoms with Gasteiger partial charge in [-0.1, -0.05) is 6.92 Å². The molecule has 1 N–H and O–H groups in total. The molecule has 0 aromatic rings. The van der Waals surface area contributed by atoms with Gasteiger partial charge in [-0.05, 0) is 13.3 Å². The molecule has 1 saturated heterocycles.